The molecule has 2 heterocycles. The van der Waals surface area contributed by atoms with E-state index in [1.165, 1.54) is 36.6 Å². The molecular weight excluding hydrogens is 464 g/mol. The number of carbonyl (C=O) groups is 2. The fourth-order valence-corrected chi connectivity index (χ4v) is 3.73. The van der Waals surface area contributed by atoms with Gasteiger partial charge in [0.1, 0.15) is 15.9 Å². The standard InChI is InChI=1S/C10H13NO3S.C6H6ClNO2S.C4H8O/c1-2-13-9(12)8-6-11-10(15-8)14-7-4-3-5-7;1-2-10-5(9)4-3-8-6(7)11-4;5-4-2-1-3-4/h6-7H,2-5H2,1H3;3H,2H2,1H3;4-5H,1-3H2. The molecule has 0 aromatic carbocycles. The van der Waals surface area contributed by atoms with Crippen LogP contribution in [0.5, 0.6) is 5.19 Å². The smallest absolute Gasteiger partial charge is 0.350 e. The Morgan fingerprint density at radius 2 is 1.52 bits per heavy atom. The highest BCUT2D eigenvalue weighted by Crippen LogP contribution is 2.28. The summed E-state index contributed by atoms with van der Waals surface area (Å²) >= 11 is 7.87. The van der Waals surface area contributed by atoms with Gasteiger partial charge in [0.15, 0.2) is 4.47 Å². The van der Waals surface area contributed by atoms with Crippen molar-refractivity contribution in [2.75, 3.05) is 13.2 Å². The van der Waals surface area contributed by atoms with Crippen LogP contribution >= 0.6 is 34.3 Å². The number of aliphatic hydroxyl groups is 1. The molecule has 4 rings (SSSR count). The maximum absolute atomic E-state index is 11.3. The number of esters is 2. The van der Waals surface area contributed by atoms with E-state index >= 15 is 0 Å². The summed E-state index contributed by atoms with van der Waals surface area (Å²) < 4.78 is 15.5. The minimum atomic E-state index is -0.364. The van der Waals surface area contributed by atoms with Gasteiger partial charge in [-0.3, -0.25) is 0 Å². The summed E-state index contributed by atoms with van der Waals surface area (Å²) in [6.07, 6.45) is 10.0. The molecule has 0 atom stereocenters. The first-order valence-corrected chi connectivity index (χ1v) is 12.2. The number of nitrogens with zero attached hydrogens (tertiary/aromatic N) is 2. The van der Waals surface area contributed by atoms with Gasteiger partial charge in [-0.15, -0.1) is 0 Å². The number of hydrogen-bond donors (Lipinski definition) is 1. The summed E-state index contributed by atoms with van der Waals surface area (Å²) in [5.41, 5.74) is 0. The lowest BCUT2D eigenvalue weighted by molar-refractivity contribution is 0.0522. The van der Waals surface area contributed by atoms with E-state index in [0.29, 0.717) is 38.7 Å². The first-order valence-electron chi connectivity index (χ1n) is 10.2. The number of ether oxygens (including phenoxy) is 3. The van der Waals surface area contributed by atoms with E-state index in [1.54, 1.807) is 13.8 Å². The topological polar surface area (TPSA) is 108 Å². The third-order valence-electron chi connectivity index (χ3n) is 4.31. The van der Waals surface area contributed by atoms with Crippen molar-refractivity contribution in [3.8, 4) is 5.19 Å². The van der Waals surface area contributed by atoms with Crippen molar-refractivity contribution in [1.82, 2.24) is 9.97 Å². The Balaban J connectivity index is 0.000000186. The van der Waals surface area contributed by atoms with Crippen molar-refractivity contribution < 1.29 is 28.9 Å². The minimum absolute atomic E-state index is 0.0648. The molecule has 2 aromatic rings. The van der Waals surface area contributed by atoms with Gasteiger partial charge in [-0.25, -0.2) is 19.6 Å². The van der Waals surface area contributed by atoms with Gasteiger partial charge in [0.05, 0.1) is 31.7 Å². The summed E-state index contributed by atoms with van der Waals surface area (Å²) in [6.45, 7) is 4.29. The molecule has 2 fully saturated rings. The van der Waals surface area contributed by atoms with Gasteiger partial charge in [-0.1, -0.05) is 34.3 Å². The molecule has 172 valence electrons. The SMILES string of the molecule is CCOC(=O)c1cnc(Cl)s1.CCOC(=O)c1cnc(OC2CCC2)s1.OC1CCC1. The second-order valence-corrected chi connectivity index (χ2v) is 9.27. The molecule has 0 spiro atoms. The van der Waals surface area contributed by atoms with E-state index in [1.807, 2.05) is 0 Å². The van der Waals surface area contributed by atoms with E-state index in [2.05, 4.69) is 9.97 Å². The summed E-state index contributed by atoms with van der Waals surface area (Å²) in [4.78, 5) is 31.0. The molecule has 0 saturated heterocycles. The zero-order chi connectivity index (χ0) is 22.6. The zero-order valence-corrected chi connectivity index (χ0v) is 19.9. The number of thiazole rings is 2. The van der Waals surface area contributed by atoms with Crippen LogP contribution in [0.4, 0.5) is 0 Å². The summed E-state index contributed by atoms with van der Waals surface area (Å²) in [6, 6.07) is 0. The van der Waals surface area contributed by atoms with Crippen LogP contribution in [0, 0.1) is 0 Å². The van der Waals surface area contributed by atoms with Gasteiger partial charge in [-0.05, 0) is 52.4 Å². The molecule has 0 unspecified atom stereocenters. The first-order chi connectivity index (χ1) is 14.9. The molecular formula is C20H27ClN2O6S2. The van der Waals surface area contributed by atoms with Crippen LogP contribution in [-0.2, 0) is 9.47 Å². The molecule has 31 heavy (non-hydrogen) atoms. The summed E-state index contributed by atoms with van der Waals surface area (Å²) in [5.74, 6) is -0.685. The molecule has 1 N–H and O–H groups in total. The second kappa shape index (κ2) is 13.6. The van der Waals surface area contributed by atoms with E-state index in [9.17, 15) is 9.59 Å². The van der Waals surface area contributed by atoms with Crippen LogP contribution in [0.3, 0.4) is 0 Å². The van der Waals surface area contributed by atoms with Crippen LogP contribution in [0.15, 0.2) is 12.4 Å². The number of carbonyl (C=O) groups excluding carboxylic acids is 2. The van der Waals surface area contributed by atoms with Crippen LogP contribution < -0.4 is 4.74 Å². The largest absolute Gasteiger partial charge is 0.467 e. The number of halogens is 1. The average Bonchev–Trinajstić information content (AvgIpc) is 3.34. The fourth-order valence-electron chi connectivity index (χ4n) is 2.18. The Bertz CT molecular complexity index is 820. The highest BCUT2D eigenvalue weighted by Gasteiger charge is 2.21. The Hall–Kier alpha value is -1.75. The van der Waals surface area contributed by atoms with E-state index in [0.717, 1.165) is 37.0 Å². The van der Waals surface area contributed by atoms with Crippen molar-refractivity contribution in [2.24, 2.45) is 0 Å². The Morgan fingerprint density at radius 1 is 1.00 bits per heavy atom. The third-order valence-corrected chi connectivity index (χ3v) is 6.27. The third kappa shape index (κ3) is 9.10. The molecule has 2 aromatic heterocycles. The molecule has 0 amide bonds. The van der Waals surface area contributed by atoms with Gasteiger partial charge in [-0.2, -0.15) is 0 Å². The molecule has 8 nitrogen and oxygen atoms in total. The molecule has 0 aliphatic heterocycles. The monoisotopic (exact) mass is 490 g/mol. The Kier molecular flexibility index (Phi) is 11.2. The zero-order valence-electron chi connectivity index (χ0n) is 17.5. The lowest BCUT2D eigenvalue weighted by Crippen LogP contribution is -2.24. The predicted molar refractivity (Wildman–Crippen MR) is 119 cm³/mol. The first kappa shape index (κ1) is 25.5. The molecule has 2 saturated carbocycles. The van der Waals surface area contributed by atoms with Crippen molar-refractivity contribution >= 4 is 46.2 Å². The molecule has 2 aliphatic carbocycles. The van der Waals surface area contributed by atoms with E-state index in [-0.39, 0.29) is 18.0 Å². The summed E-state index contributed by atoms with van der Waals surface area (Å²) in [5, 5.41) is 9.02. The quantitative estimate of drug-likeness (QED) is 0.577. The maximum atomic E-state index is 11.3. The highest BCUT2D eigenvalue weighted by atomic mass is 35.5. The van der Waals surface area contributed by atoms with Gasteiger partial charge < -0.3 is 19.3 Å². The van der Waals surface area contributed by atoms with Gasteiger partial charge in [0, 0.05) is 0 Å². The molecule has 11 heteroatoms. The number of rotatable bonds is 6. The number of hydrogen-bond acceptors (Lipinski definition) is 10. The van der Waals surface area contributed by atoms with Crippen LogP contribution in [-0.4, -0.2) is 52.4 Å². The van der Waals surface area contributed by atoms with Crippen molar-refractivity contribution in [2.45, 2.75) is 64.6 Å². The van der Waals surface area contributed by atoms with Crippen molar-refractivity contribution in [1.29, 1.82) is 0 Å². The number of aliphatic hydroxyl groups excluding tert-OH is 1. The average molecular weight is 491 g/mol. The van der Waals surface area contributed by atoms with Crippen molar-refractivity contribution in [3.05, 3.63) is 26.6 Å². The lowest BCUT2D eigenvalue weighted by Gasteiger charge is -2.24. The Morgan fingerprint density at radius 3 is 1.90 bits per heavy atom. The van der Waals surface area contributed by atoms with Crippen LogP contribution in [0.25, 0.3) is 0 Å². The van der Waals surface area contributed by atoms with E-state index in [4.69, 9.17) is 30.9 Å². The maximum Gasteiger partial charge on any atom is 0.350 e. The minimum Gasteiger partial charge on any atom is -0.467 e. The lowest BCUT2D eigenvalue weighted by atomic mass is 9.96. The van der Waals surface area contributed by atoms with Gasteiger partial charge in [0.25, 0.3) is 5.19 Å². The second-order valence-electron chi connectivity index (χ2n) is 6.66. The van der Waals surface area contributed by atoms with E-state index < -0.39 is 0 Å². The Labute approximate surface area is 194 Å². The normalized spacial score (nSPS) is 15.2. The highest BCUT2D eigenvalue weighted by molar-refractivity contribution is 7.17. The van der Waals surface area contributed by atoms with Gasteiger partial charge >= 0.3 is 11.9 Å². The molecule has 0 radical (unpaired) electrons. The van der Waals surface area contributed by atoms with Crippen LogP contribution in [0.1, 0.15) is 71.7 Å². The van der Waals surface area contributed by atoms with Gasteiger partial charge in [0.2, 0.25) is 0 Å². The van der Waals surface area contributed by atoms with Crippen LogP contribution in [0.2, 0.25) is 4.47 Å². The number of aromatic nitrogens is 2. The fraction of sp³-hybridized carbons (Fsp3) is 0.600. The molecule has 0 bridgehead atoms. The predicted octanol–water partition coefficient (Wildman–Crippen LogP) is 4.76. The van der Waals surface area contributed by atoms with Crippen molar-refractivity contribution in [3.63, 3.8) is 0 Å². The molecule has 2 aliphatic rings. The summed E-state index contributed by atoms with van der Waals surface area (Å²) in [7, 11) is 0.